The Bertz CT molecular complexity index is 677. The van der Waals surface area contributed by atoms with Crippen LogP contribution in [0.15, 0.2) is 48.5 Å². The maximum absolute atomic E-state index is 5.89. The molecule has 0 saturated heterocycles. The number of benzene rings is 2. The third-order valence-electron chi connectivity index (χ3n) is 3.18. The molecule has 0 saturated carbocycles. The molecule has 25 heavy (non-hydrogen) atoms. The minimum absolute atomic E-state index is 0.151. The van der Waals surface area contributed by atoms with Gasteiger partial charge < -0.3 is 15.4 Å². The van der Waals surface area contributed by atoms with Gasteiger partial charge in [-0.15, -0.1) is 0 Å². The van der Waals surface area contributed by atoms with Gasteiger partial charge in [-0.2, -0.15) is 11.8 Å². The highest BCUT2D eigenvalue weighted by atomic mass is 35.5. The van der Waals surface area contributed by atoms with Crippen molar-refractivity contribution in [1.29, 1.82) is 0 Å². The molecule has 0 aromatic heterocycles. The van der Waals surface area contributed by atoms with Crippen molar-refractivity contribution in [2.45, 2.75) is 25.7 Å². The van der Waals surface area contributed by atoms with Gasteiger partial charge in [0.15, 0.2) is 5.11 Å². The first kappa shape index (κ1) is 19.9. The van der Waals surface area contributed by atoms with E-state index in [1.807, 2.05) is 62.0 Å². The maximum Gasteiger partial charge on any atom is 0.170 e. The number of nitrogens with one attached hydrogen (secondary N) is 2. The summed E-state index contributed by atoms with van der Waals surface area (Å²) in [5.41, 5.74) is 2.20. The summed E-state index contributed by atoms with van der Waals surface area (Å²) in [6.07, 6.45) is 0.151. The van der Waals surface area contributed by atoms with Crippen molar-refractivity contribution in [3.63, 3.8) is 0 Å². The van der Waals surface area contributed by atoms with E-state index in [1.54, 1.807) is 0 Å². The van der Waals surface area contributed by atoms with Crippen molar-refractivity contribution in [2.75, 3.05) is 17.6 Å². The summed E-state index contributed by atoms with van der Waals surface area (Å²) in [5.74, 6) is 2.77. The number of rotatable bonds is 8. The number of thiocarbonyl (C=S) groups is 1. The van der Waals surface area contributed by atoms with Gasteiger partial charge in [0, 0.05) is 34.8 Å². The molecule has 2 rings (SSSR count). The molecule has 0 bridgehead atoms. The van der Waals surface area contributed by atoms with Crippen molar-refractivity contribution in [3.8, 4) is 5.75 Å². The zero-order valence-corrected chi connectivity index (χ0v) is 16.8. The maximum atomic E-state index is 5.89. The van der Waals surface area contributed by atoms with Gasteiger partial charge in [0.1, 0.15) is 5.75 Å². The van der Waals surface area contributed by atoms with E-state index in [2.05, 4.69) is 22.8 Å². The van der Waals surface area contributed by atoms with Gasteiger partial charge in [0.05, 0.1) is 6.10 Å². The van der Waals surface area contributed by atoms with Gasteiger partial charge in [-0.25, -0.2) is 0 Å². The second kappa shape index (κ2) is 10.5. The fourth-order valence-corrected chi connectivity index (χ4v) is 3.27. The molecule has 0 spiro atoms. The third-order valence-corrected chi connectivity index (χ3v) is 4.71. The van der Waals surface area contributed by atoms with Crippen LogP contribution in [0, 0.1) is 0 Å². The average molecular weight is 395 g/mol. The number of thioether (sulfide) groups is 1. The lowest BCUT2D eigenvalue weighted by Crippen LogP contribution is -2.30. The summed E-state index contributed by atoms with van der Waals surface area (Å²) in [5, 5.41) is 7.80. The van der Waals surface area contributed by atoms with Crippen LogP contribution in [0.4, 0.5) is 5.69 Å². The lowest BCUT2D eigenvalue weighted by Gasteiger charge is -2.13. The molecule has 0 aliphatic rings. The van der Waals surface area contributed by atoms with Crippen LogP contribution >= 0.6 is 35.6 Å². The minimum atomic E-state index is 0.151. The molecule has 0 radical (unpaired) electrons. The number of hydrogen-bond donors (Lipinski definition) is 2. The van der Waals surface area contributed by atoms with E-state index in [4.69, 9.17) is 28.6 Å². The average Bonchev–Trinajstić information content (AvgIpc) is 2.56. The summed E-state index contributed by atoms with van der Waals surface area (Å²) in [6, 6.07) is 15.8. The van der Waals surface area contributed by atoms with Crippen molar-refractivity contribution in [2.24, 2.45) is 0 Å². The van der Waals surface area contributed by atoms with E-state index < -0.39 is 0 Å². The number of halogens is 1. The summed E-state index contributed by atoms with van der Waals surface area (Å²) in [6.45, 7) is 4.83. The molecule has 0 atom stereocenters. The van der Waals surface area contributed by atoms with Crippen molar-refractivity contribution in [3.05, 3.63) is 59.1 Å². The molecule has 2 aromatic rings. The molecule has 0 aliphatic heterocycles. The van der Waals surface area contributed by atoms with Crippen LogP contribution in [0.1, 0.15) is 19.4 Å². The van der Waals surface area contributed by atoms with Gasteiger partial charge in [0.2, 0.25) is 0 Å². The largest absolute Gasteiger partial charge is 0.491 e. The first-order chi connectivity index (χ1) is 12.0. The van der Waals surface area contributed by atoms with E-state index >= 15 is 0 Å². The molecule has 2 aromatic carbocycles. The molecule has 0 unspecified atom stereocenters. The normalized spacial score (nSPS) is 10.6. The standard InChI is InChI=1S/C19H23ClN2OS2/c1-14(2)23-18-5-3-4-17(12-18)22-19(24)21-10-11-25-13-15-6-8-16(20)9-7-15/h3-9,12,14H,10-11,13H2,1-2H3,(H2,21,22,24). The summed E-state index contributed by atoms with van der Waals surface area (Å²) < 4.78 is 5.68. The summed E-state index contributed by atoms with van der Waals surface area (Å²) >= 11 is 13.1. The monoisotopic (exact) mass is 394 g/mol. The Morgan fingerprint density at radius 1 is 1.20 bits per heavy atom. The fourth-order valence-electron chi connectivity index (χ4n) is 2.10. The van der Waals surface area contributed by atoms with E-state index in [0.29, 0.717) is 5.11 Å². The second-order valence-electron chi connectivity index (χ2n) is 5.75. The molecule has 3 nitrogen and oxygen atoms in total. The highest BCUT2D eigenvalue weighted by Crippen LogP contribution is 2.18. The van der Waals surface area contributed by atoms with Crippen molar-refractivity contribution in [1.82, 2.24) is 5.32 Å². The molecule has 0 aliphatic carbocycles. The lowest BCUT2D eigenvalue weighted by molar-refractivity contribution is 0.242. The minimum Gasteiger partial charge on any atom is -0.491 e. The Morgan fingerprint density at radius 2 is 1.96 bits per heavy atom. The van der Waals surface area contributed by atoms with E-state index in [9.17, 15) is 0 Å². The third kappa shape index (κ3) is 7.99. The van der Waals surface area contributed by atoms with Crippen LogP contribution in [0.3, 0.4) is 0 Å². The first-order valence-corrected chi connectivity index (χ1v) is 10.1. The van der Waals surface area contributed by atoms with Crippen LogP contribution in [-0.4, -0.2) is 23.5 Å². The summed E-state index contributed by atoms with van der Waals surface area (Å²) in [4.78, 5) is 0. The quantitative estimate of drug-likeness (QED) is 0.466. The topological polar surface area (TPSA) is 33.3 Å². The summed E-state index contributed by atoms with van der Waals surface area (Å²) in [7, 11) is 0. The van der Waals surface area contributed by atoms with Crippen molar-refractivity contribution >= 4 is 46.4 Å². The molecular weight excluding hydrogens is 372 g/mol. The van der Waals surface area contributed by atoms with Crippen LogP contribution in [0.2, 0.25) is 5.02 Å². The first-order valence-electron chi connectivity index (χ1n) is 8.16. The number of hydrogen-bond acceptors (Lipinski definition) is 3. The fraction of sp³-hybridized carbons (Fsp3) is 0.316. The Labute approximate surface area is 164 Å². The highest BCUT2D eigenvalue weighted by Gasteiger charge is 2.02. The Kier molecular flexibility index (Phi) is 8.38. The number of anilines is 1. The highest BCUT2D eigenvalue weighted by molar-refractivity contribution is 7.98. The second-order valence-corrected chi connectivity index (χ2v) is 7.70. The SMILES string of the molecule is CC(C)Oc1cccc(NC(=S)NCCSCc2ccc(Cl)cc2)c1. The zero-order chi connectivity index (χ0) is 18.1. The van der Waals surface area contributed by atoms with Crippen LogP contribution in [-0.2, 0) is 5.75 Å². The van der Waals surface area contributed by atoms with Gasteiger partial charge in [-0.3, -0.25) is 0 Å². The molecule has 134 valence electrons. The molecule has 0 amide bonds. The van der Waals surface area contributed by atoms with Crippen molar-refractivity contribution < 1.29 is 4.74 Å². The smallest absolute Gasteiger partial charge is 0.170 e. The number of ether oxygens (including phenoxy) is 1. The van der Waals surface area contributed by atoms with Gasteiger partial charge in [0.25, 0.3) is 0 Å². The van der Waals surface area contributed by atoms with Gasteiger partial charge in [-0.1, -0.05) is 29.8 Å². The predicted octanol–water partition coefficient (Wildman–Crippen LogP) is 5.35. The Morgan fingerprint density at radius 3 is 2.68 bits per heavy atom. The Balaban J connectivity index is 1.66. The van der Waals surface area contributed by atoms with Gasteiger partial charge >= 0.3 is 0 Å². The Hall–Kier alpha value is -1.43. The predicted molar refractivity (Wildman–Crippen MR) is 114 cm³/mol. The molecular formula is C19H23ClN2OS2. The molecule has 6 heteroatoms. The van der Waals surface area contributed by atoms with Crippen LogP contribution in [0.5, 0.6) is 5.75 Å². The molecule has 0 fully saturated rings. The molecule has 2 N–H and O–H groups in total. The van der Waals surface area contributed by atoms with E-state index in [-0.39, 0.29) is 6.10 Å². The van der Waals surface area contributed by atoms with E-state index in [1.165, 1.54) is 5.56 Å². The van der Waals surface area contributed by atoms with Crippen LogP contribution in [0.25, 0.3) is 0 Å². The van der Waals surface area contributed by atoms with Crippen LogP contribution < -0.4 is 15.4 Å². The lowest BCUT2D eigenvalue weighted by atomic mass is 10.2. The zero-order valence-electron chi connectivity index (χ0n) is 14.4. The van der Waals surface area contributed by atoms with E-state index in [0.717, 1.165) is 34.5 Å². The molecule has 0 heterocycles. The van der Waals surface area contributed by atoms with Gasteiger partial charge in [-0.05, 0) is 55.9 Å².